The number of allylic oxidation sites excluding steroid dienone is 1. The zero-order valence-electron chi connectivity index (χ0n) is 22.0. The molecule has 0 unspecified atom stereocenters. The quantitative estimate of drug-likeness (QED) is 0.568. The van der Waals surface area contributed by atoms with Gasteiger partial charge in [-0.1, -0.05) is 49.1 Å². The molecule has 3 aliphatic carbocycles. The monoisotopic (exact) mass is 493 g/mol. The van der Waals surface area contributed by atoms with Crippen LogP contribution in [0.25, 0.3) is 0 Å². The Bertz CT molecular complexity index is 1340. The highest BCUT2D eigenvalue weighted by atomic mass is 16.5. The van der Waals surface area contributed by atoms with E-state index in [1.807, 2.05) is 30.3 Å². The number of ketones is 1. The van der Waals surface area contributed by atoms with Gasteiger partial charge in [0.1, 0.15) is 5.60 Å². The van der Waals surface area contributed by atoms with E-state index < -0.39 is 11.0 Å². The third-order valence-electron chi connectivity index (χ3n) is 9.37. The van der Waals surface area contributed by atoms with Crippen LogP contribution in [0, 0.1) is 23.2 Å². The Labute approximate surface area is 220 Å². The Balaban J connectivity index is 1.46. The summed E-state index contributed by atoms with van der Waals surface area (Å²) in [6, 6.07) is 18.7. The third-order valence-corrected chi connectivity index (χ3v) is 9.37. The van der Waals surface area contributed by atoms with Gasteiger partial charge in [-0.25, -0.2) is 0 Å². The SMILES string of the molecule is CN(C)c1ccc([C@H]2C[C@@]3(C)[C@@H](CC[C@@]3(O)C#Cc3ccccc3)[C@@H]3OCC4=CC(=O)CCC4=C32)cc1. The number of fused-ring (bicyclic) bond motifs is 4. The third kappa shape index (κ3) is 3.97. The molecule has 2 fully saturated rings. The number of benzene rings is 2. The summed E-state index contributed by atoms with van der Waals surface area (Å²) >= 11 is 0. The molecule has 5 atom stereocenters. The van der Waals surface area contributed by atoms with Gasteiger partial charge in [0.25, 0.3) is 0 Å². The van der Waals surface area contributed by atoms with Crippen LogP contribution >= 0.6 is 0 Å². The van der Waals surface area contributed by atoms with Gasteiger partial charge in [0.2, 0.25) is 0 Å². The predicted molar refractivity (Wildman–Crippen MR) is 146 cm³/mol. The van der Waals surface area contributed by atoms with E-state index in [1.165, 1.54) is 16.7 Å². The normalized spacial score (nSPS) is 32.5. The minimum absolute atomic E-state index is 0.0647. The van der Waals surface area contributed by atoms with Crippen LogP contribution in [0.15, 0.2) is 77.4 Å². The van der Waals surface area contributed by atoms with Crippen LogP contribution in [0.4, 0.5) is 5.69 Å². The van der Waals surface area contributed by atoms with Gasteiger partial charge < -0.3 is 14.7 Å². The molecular weight excluding hydrogens is 458 g/mol. The van der Waals surface area contributed by atoms with Crippen molar-refractivity contribution < 1.29 is 14.6 Å². The van der Waals surface area contributed by atoms with Crippen LogP contribution in [0.1, 0.15) is 56.1 Å². The van der Waals surface area contributed by atoms with Crippen molar-refractivity contribution in [3.05, 3.63) is 88.5 Å². The van der Waals surface area contributed by atoms with Gasteiger partial charge in [0.15, 0.2) is 5.78 Å². The van der Waals surface area contributed by atoms with Gasteiger partial charge in [-0.2, -0.15) is 0 Å². The molecule has 4 aliphatic rings. The van der Waals surface area contributed by atoms with Crippen LogP contribution in [-0.4, -0.2) is 43.3 Å². The molecule has 37 heavy (non-hydrogen) atoms. The van der Waals surface area contributed by atoms with Gasteiger partial charge in [-0.05, 0) is 84.2 Å². The smallest absolute Gasteiger partial charge is 0.156 e. The Morgan fingerprint density at radius 2 is 1.81 bits per heavy atom. The molecule has 4 heteroatoms. The first-order valence-electron chi connectivity index (χ1n) is 13.5. The summed E-state index contributed by atoms with van der Waals surface area (Å²) < 4.78 is 6.60. The van der Waals surface area contributed by atoms with E-state index in [0.29, 0.717) is 19.4 Å². The number of carbonyl (C=O) groups excluding carboxylic acids is 1. The van der Waals surface area contributed by atoms with Gasteiger partial charge in [-0.15, -0.1) is 0 Å². The van der Waals surface area contributed by atoms with Crippen molar-refractivity contribution in [2.45, 2.75) is 56.7 Å². The maximum Gasteiger partial charge on any atom is 0.156 e. The molecule has 0 spiro atoms. The number of nitrogens with zero attached hydrogens (tertiary/aromatic N) is 1. The van der Waals surface area contributed by atoms with Crippen LogP contribution in [0.5, 0.6) is 0 Å². The lowest BCUT2D eigenvalue weighted by molar-refractivity contribution is -0.115. The average molecular weight is 494 g/mol. The van der Waals surface area contributed by atoms with Gasteiger partial charge in [0.05, 0.1) is 12.7 Å². The minimum Gasteiger partial charge on any atom is -0.378 e. The molecule has 0 saturated heterocycles. The number of hydrogen-bond donors (Lipinski definition) is 1. The van der Waals surface area contributed by atoms with Crippen LogP contribution in [0.3, 0.4) is 0 Å². The highest BCUT2D eigenvalue weighted by molar-refractivity contribution is 5.93. The molecule has 1 heterocycles. The number of carbonyl (C=O) groups is 1. The summed E-state index contributed by atoms with van der Waals surface area (Å²) in [4.78, 5) is 14.3. The number of hydrogen-bond acceptors (Lipinski definition) is 4. The fourth-order valence-corrected chi connectivity index (χ4v) is 7.22. The highest BCUT2D eigenvalue weighted by Crippen LogP contribution is 2.64. The van der Waals surface area contributed by atoms with E-state index in [9.17, 15) is 9.90 Å². The number of ether oxygens (including phenoxy) is 1. The molecule has 2 aromatic rings. The number of anilines is 1. The van der Waals surface area contributed by atoms with E-state index >= 15 is 0 Å². The number of rotatable bonds is 2. The van der Waals surface area contributed by atoms with Crippen molar-refractivity contribution in [3.8, 4) is 11.8 Å². The average Bonchev–Trinajstić information content (AvgIpc) is 3.17. The van der Waals surface area contributed by atoms with Crippen LogP contribution in [0.2, 0.25) is 0 Å². The standard InChI is InChI=1S/C33H35NO3/c1-32-20-28(23-9-11-25(12-10-23)34(2)3)30-27-14-13-26(35)19-24(27)21-37-31(30)29(32)16-18-33(32,36)17-15-22-7-5-4-6-8-22/h4-12,19,28-29,31,36H,13-14,16,18,20-21H2,1-3H3/t28-,29+,31+,32+,33+/m1/s1. The van der Waals surface area contributed by atoms with Crippen molar-refractivity contribution in [3.63, 3.8) is 0 Å². The van der Waals surface area contributed by atoms with Gasteiger partial charge >= 0.3 is 0 Å². The minimum atomic E-state index is -1.09. The van der Waals surface area contributed by atoms with E-state index in [-0.39, 0.29) is 23.7 Å². The lowest BCUT2D eigenvalue weighted by Crippen LogP contribution is -2.53. The molecule has 0 bridgehead atoms. The fraction of sp³-hybridized carbons (Fsp3) is 0.424. The summed E-state index contributed by atoms with van der Waals surface area (Å²) in [7, 11) is 4.11. The number of aliphatic hydroxyl groups is 1. The molecule has 0 aromatic heterocycles. The Morgan fingerprint density at radius 3 is 2.54 bits per heavy atom. The molecule has 0 radical (unpaired) electrons. The first-order chi connectivity index (χ1) is 17.8. The van der Waals surface area contributed by atoms with E-state index in [4.69, 9.17) is 4.74 Å². The molecular formula is C33H35NO3. The lowest BCUT2D eigenvalue weighted by Gasteiger charge is -2.53. The first-order valence-corrected chi connectivity index (χ1v) is 13.5. The van der Waals surface area contributed by atoms with Crippen molar-refractivity contribution in [2.75, 3.05) is 25.6 Å². The van der Waals surface area contributed by atoms with Gasteiger partial charge in [0, 0.05) is 43.1 Å². The van der Waals surface area contributed by atoms with Crippen molar-refractivity contribution in [1.29, 1.82) is 0 Å². The zero-order valence-corrected chi connectivity index (χ0v) is 22.0. The maximum absolute atomic E-state index is 12.2. The molecule has 2 saturated carbocycles. The molecule has 4 nitrogen and oxygen atoms in total. The zero-order chi connectivity index (χ0) is 25.8. The summed E-state index contributed by atoms with van der Waals surface area (Å²) in [5.74, 6) is 7.10. The van der Waals surface area contributed by atoms with Gasteiger partial charge in [-0.3, -0.25) is 4.79 Å². The predicted octanol–water partition coefficient (Wildman–Crippen LogP) is 5.42. The summed E-state index contributed by atoms with van der Waals surface area (Å²) in [5, 5.41) is 12.1. The lowest BCUT2D eigenvalue weighted by atomic mass is 9.55. The fourth-order valence-electron chi connectivity index (χ4n) is 7.22. The maximum atomic E-state index is 12.2. The van der Waals surface area contributed by atoms with Crippen LogP contribution < -0.4 is 4.90 Å². The molecule has 2 aromatic carbocycles. The summed E-state index contributed by atoms with van der Waals surface area (Å²) in [6.07, 6.45) is 5.41. The Kier molecular flexibility index (Phi) is 5.90. The van der Waals surface area contributed by atoms with Crippen LogP contribution in [-0.2, 0) is 9.53 Å². The Morgan fingerprint density at radius 1 is 1.05 bits per heavy atom. The first kappa shape index (κ1) is 24.2. The Hall–Kier alpha value is -3.13. The second-order valence-electron chi connectivity index (χ2n) is 11.6. The second-order valence-corrected chi connectivity index (χ2v) is 11.6. The van der Waals surface area contributed by atoms with E-state index in [2.05, 4.69) is 62.0 Å². The highest BCUT2D eigenvalue weighted by Gasteiger charge is 2.63. The summed E-state index contributed by atoms with van der Waals surface area (Å²) in [6.45, 7) is 2.70. The largest absolute Gasteiger partial charge is 0.378 e. The molecule has 1 N–H and O–H groups in total. The molecule has 1 aliphatic heterocycles. The van der Waals surface area contributed by atoms with Crippen molar-refractivity contribution in [1.82, 2.24) is 0 Å². The molecule has 0 amide bonds. The molecule has 6 rings (SSSR count). The molecule has 190 valence electrons. The van der Waals surface area contributed by atoms with Crippen molar-refractivity contribution in [2.24, 2.45) is 11.3 Å². The second kappa shape index (κ2) is 9.01. The summed E-state index contributed by atoms with van der Waals surface area (Å²) in [5.41, 5.74) is 5.53. The topological polar surface area (TPSA) is 49.8 Å². The van der Waals surface area contributed by atoms with E-state index in [1.54, 1.807) is 6.08 Å². The van der Waals surface area contributed by atoms with Crippen molar-refractivity contribution >= 4 is 11.5 Å². The van der Waals surface area contributed by atoms with E-state index in [0.717, 1.165) is 36.1 Å².